The molecule has 1 aliphatic carbocycles. The number of nitriles is 1. The molecule has 19 heavy (non-hydrogen) atoms. The lowest BCUT2D eigenvalue weighted by Crippen LogP contribution is -2.02. The van der Waals surface area contributed by atoms with E-state index in [0.29, 0.717) is 10.9 Å². The van der Waals surface area contributed by atoms with E-state index < -0.39 is 5.92 Å². The van der Waals surface area contributed by atoms with Crippen LogP contribution in [0, 0.1) is 11.3 Å². The first-order chi connectivity index (χ1) is 9.29. The molecule has 0 bridgehead atoms. The second-order valence-corrected chi connectivity index (χ2v) is 5.28. The van der Waals surface area contributed by atoms with Crippen LogP contribution in [0.25, 0.3) is 0 Å². The third-order valence-electron chi connectivity index (χ3n) is 3.49. The highest BCUT2D eigenvalue weighted by Gasteiger charge is 2.25. The Hall–Kier alpha value is -1.85. The van der Waals surface area contributed by atoms with Crippen LogP contribution in [0.1, 0.15) is 41.5 Å². The van der Waals surface area contributed by atoms with Gasteiger partial charge in [-0.3, -0.25) is 4.98 Å². The minimum Gasteiger partial charge on any atom is -0.260 e. The van der Waals surface area contributed by atoms with Gasteiger partial charge in [0.1, 0.15) is 5.92 Å². The molecule has 0 spiro atoms. The molecule has 1 unspecified atom stereocenters. The summed E-state index contributed by atoms with van der Waals surface area (Å²) in [6.45, 7) is 0. The zero-order valence-corrected chi connectivity index (χ0v) is 11.1. The second-order valence-electron chi connectivity index (χ2n) is 4.87. The quantitative estimate of drug-likeness (QED) is 0.834. The summed E-state index contributed by atoms with van der Waals surface area (Å²) in [4.78, 5) is 4.36. The molecular formula is C16H13ClN2. The molecular weight excluding hydrogens is 256 g/mol. The van der Waals surface area contributed by atoms with E-state index in [-0.39, 0.29) is 0 Å². The van der Waals surface area contributed by atoms with Gasteiger partial charge in [0, 0.05) is 11.2 Å². The van der Waals surface area contributed by atoms with E-state index in [1.54, 1.807) is 6.20 Å². The van der Waals surface area contributed by atoms with E-state index in [2.05, 4.69) is 17.1 Å². The lowest BCUT2D eigenvalue weighted by molar-refractivity contribution is 0.948. The van der Waals surface area contributed by atoms with Gasteiger partial charge >= 0.3 is 0 Å². The molecule has 0 aliphatic heterocycles. The summed E-state index contributed by atoms with van der Waals surface area (Å²) in [5.74, 6) is 0.264. The monoisotopic (exact) mass is 268 g/mol. The van der Waals surface area contributed by atoms with Crippen molar-refractivity contribution < 1.29 is 0 Å². The first-order valence-corrected chi connectivity index (χ1v) is 6.77. The minimum absolute atomic E-state index is 0.396. The Kier molecular flexibility index (Phi) is 3.23. The smallest absolute Gasteiger partial charge is 0.115 e. The summed E-state index contributed by atoms with van der Waals surface area (Å²) in [5, 5.41) is 10.1. The minimum atomic E-state index is -0.396. The molecule has 1 aliphatic rings. The Morgan fingerprint density at radius 2 is 2.05 bits per heavy atom. The summed E-state index contributed by atoms with van der Waals surface area (Å²) < 4.78 is 0. The molecule has 1 aromatic heterocycles. The highest BCUT2D eigenvalue weighted by Crippen LogP contribution is 2.41. The van der Waals surface area contributed by atoms with Gasteiger partial charge in [-0.05, 0) is 48.1 Å². The third-order valence-corrected chi connectivity index (χ3v) is 3.84. The van der Waals surface area contributed by atoms with Gasteiger partial charge < -0.3 is 0 Å². The van der Waals surface area contributed by atoms with Crippen molar-refractivity contribution in [3.05, 3.63) is 64.4 Å². The van der Waals surface area contributed by atoms with Crippen molar-refractivity contribution in [2.45, 2.75) is 24.7 Å². The Morgan fingerprint density at radius 1 is 1.26 bits per heavy atom. The van der Waals surface area contributed by atoms with E-state index in [1.165, 1.54) is 18.4 Å². The normalized spacial score (nSPS) is 15.8. The summed E-state index contributed by atoms with van der Waals surface area (Å²) >= 11 is 6.18. The first kappa shape index (κ1) is 12.2. The number of nitrogens with zero attached hydrogens (tertiary/aromatic N) is 2. The van der Waals surface area contributed by atoms with Gasteiger partial charge in [0.25, 0.3) is 0 Å². The van der Waals surface area contributed by atoms with E-state index in [9.17, 15) is 5.26 Å². The topological polar surface area (TPSA) is 36.7 Å². The summed E-state index contributed by atoms with van der Waals surface area (Å²) in [6, 6.07) is 13.9. The molecule has 1 fully saturated rings. The third kappa shape index (κ3) is 2.47. The summed E-state index contributed by atoms with van der Waals surface area (Å²) in [7, 11) is 0. The molecule has 2 aromatic rings. The van der Waals surface area contributed by atoms with Crippen LogP contribution in [0.5, 0.6) is 0 Å². The number of hydrogen-bond donors (Lipinski definition) is 0. The Bertz CT molecular complexity index is 641. The van der Waals surface area contributed by atoms with Crippen molar-refractivity contribution in [3.8, 4) is 6.07 Å². The Morgan fingerprint density at radius 3 is 2.74 bits per heavy atom. The van der Waals surface area contributed by atoms with Gasteiger partial charge in [-0.1, -0.05) is 29.8 Å². The second kappa shape index (κ2) is 5.03. The number of hydrogen-bond acceptors (Lipinski definition) is 2. The molecule has 0 N–H and O–H groups in total. The molecule has 3 rings (SSSR count). The van der Waals surface area contributed by atoms with Crippen molar-refractivity contribution >= 4 is 11.6 Å². The predicted molar refractivity (Wildman–Crippen MR) is 75.1 cm³/mol. The molecule has 3 heteroatoms. The van der Waals surface area contributed by atoms with Crippen molar-refractivity contribution in [1.29, 1.82) is 5.26 Å². The largest absolute Gasteiger partial charge is 0.260 e. The van der Waals surface area contributed by atoms with Gasteiger partial charge in [-0.2, -0.15) is 5.26 Å². The SMILES string of the molecule is N#CC(c1cc(C2CC2)ccn1)c1ccccc1Cl. The van der Waals surface area contributed by atoms with Crippen molar-refractivity contribution in [3.63, 3.8) is 0 Å². The van der Waals surface area contributed by atoms with Crippen LogP contribution in [0.3, 0.4) is 0 Å². The molecule has 0 amide bonds. The number of rotatable bonds is 3. The van der Waals surface area contributed by atoms with Crippen LogP contribution >= 0.6 is 11.6 Å². The highest BCUT2D eigenvalue weighted by atomic mass is 35.5. The van der Waals surface area contributed by atoms with E-state index >= 15 is 0 Å². The zero-order chi connectivity index (χ0) is 13.2. The van der Waals surface area contributed by atoms with Crippen LogP contribution in [0.2, 0.25) is 5.02 Å². The maximum absolute atomic E-state index is 9.45. The predicted octanol–water partition coefficient (Wildman–Crippen LogP) is 4.27. The molecule has 1 aromatic carbocycles. The van der Waals surface area contributed by atoms with Crippen LogP contribution in [-0.4, -0.2) is 4.98 Å². The number of pyridine rings is 1. The molecule has 1 atom stereocenters. The maximum Gasteiger partial charge on any atom is 0.115 e. The number of halogens is 1. The summed E-state index contributed by atoms with van der Waals surface area (Å²) in [5.41, 5.74) is 2.91. The molecule has 94 valence electrons. The lowest BCUT2D eigenvalue weighted by atomic mass is 9.95. The Balaban J connectivity index is 2.01. The number of aromatic nitrogens is 1. The zero-order valence-electron chi connectivity index (χ0n) is 10.4. The molecule has 1 saturated carbocycles. The molecule has 0 radical (unpaired) electrons. The van der Waals surface area contributed by atoms with Gasteiger partial charge in [0.15, 0.2) is 0 Å². The average Bonchev–Trinajstić information content (AvgIpc) is 3.27. The molecule has 2 nitrogen and oxygen atoms in total. The van der Waals surface area contributed by atoms with Crippen LogP contribution in [0.4, 0.5) is 0 Å². The summed E-state index contributed by atoms with van der Waals surface area (Å²) in [6.07, 6.45) is 4.28. The maximum atomic E-state index is 9.45. The van der Waals surface area contributed by atoms with Crippen molar-refractivity contribution in [2.75, 3.05) is 0 Å². The molecule has 1 heterocycles. The van der Waals surface area contributed by atoms with Gasteiger partial charge in [-0.25, -0.2) is 0 Å². The van der Waals surface area contributed by atoms with Gasteiger partial charge in [0.2, 0.25) is 0 Å². The van der Waals surface area contributed by atoms with Crippen LogP contribution in [0.15, 0.2) is 42.6 Å². The van der Waals surface area contributed by atoms with Crippen molar-refractivity contribution in [2.24, 2.45) is 0 Å². The fourth-order valence-electron chi connectivity index (χ4n) is 2.30. The van der Waals surface area contributed by atoms with Crippen molar-refractivity contribution in [1.82, 2.24) is 4.98 Å². The Labute approximate surface area is 117 Å². The van der Waals surface area contributed by atoms with E-state index in [4.69, 9.17) is 11.6 Å². The lowest BCUT2D eigenvalue weighted by Gasteiger charge is -2.11. The first-order valence-electron chi connectivity index (χ1n) is 6.39. The van der Waals surface area contributed by atoms with Crippen LogP contribution < -0.4 is 0 Å². The van der Waals surface area contributed by atoms with Crippen LogP contribution in [-0.2, 0) is 0 Å². The molecule has 0 saturated heterocycles. The van der Waals surface area contributed by atoms with E-state index in [1.807, 2.05) is 30.3 Å². The standard InChI is InChI=1S/C16H13ClN2/c17-15-4-2-1-3-13(15)14(10-18)16-9-12(7-8-19-16)11-5-6-11/h1-4,7-9,11,14H,5-6H2. The fraction of sp³-hybridized carbons (Fsp3) is 0.250. The fourth-order valence-corrected chi connectivity index (χ4v) is 2.54. The average molecular weight is 269 g/mol. The highest BCUT2D eigenvalue weighted by molar-refractivity contribution is 6.31. The number of benzene rings is 1. The van der Waals surface area contributed by atoms with Gasteiger partial charge in [-0.15, -0.1) is 0 Å². The van der Waals surface area contributed by atoms with E-state index in [0.717, 1.165) is 11.3 Å². The van der Waals surface area contributed by atoms with Gasteiger partial charge in [0.05, 0.1) is 11.8 Å².